The molecule has 0 spiro atoms. The van der Waals surface area contributed by atoms with Gasteiger partial charge in [-0.15, -0.1) is 12.4 Å². The predicted molar refractivity (Wildman–Crippen MR) is 69.1 cm³/mol. The minimum atomic E-state index is -4.69. The maximum Gasteiger partial charge on any atom is 0.383 e. The van der Waals surface area contributed by atoms with Crippen LogP contribution in [0.5, 0.6) is 0 Å². The molecule has 20 heavy (non-hydrogen) atoms. The van der Waals surface area contributed by atoms with Crippen LogP contribution in [0.25, 0.3) is 0 Å². The van der Waals surface area contributed by atoms with Crippen LogP contribution in [0.15, 0.2) is 30.3 Å². The zero-order valence-corrected chi connectivity index (χ0v) is 11.3. The highest BCUT2D eigenvalue weighted by Gasteiger charge is 2.50. The average Bonchev–Trinajstić information content (AvgIpc) is 2.38. The number of carbonyl (C=O) groups is 1. The Morgan fingerprint density at radius 2 is 1.80 bits per heavy atom. The molecule has 1 rings (SSSR count). The molecule has 0 aliphatic rings. The normalized spacial score (nSPS) is 11.1. The molecule has 8 heteroatoms. The molecule has 0 bridgehead atoms. The fourth-order valence-corrected chi connectivity index (χ4v) is 1.52. The van der Waals surface area contributed by atoms with Gasteiger partial charge in [0, 0.05) is 19.6 Å². The lowest BCUT2D eigenvalue weighted by atomic mass is 10.2. The maximum absolute atomic E-state index is 13.0. The van der Waals surface area contributed by atoms with Crippen molar-refractivity contribution in [3.63, 3.8) is 0 Å². The Balaban J connectivity index is 0.00000361. The summed E-state index contributed by atoms with van der Waals surface area (Å²) >= 11 is 0. The third kappa shape index (κ3) is 4.64. The second-order valence-corrected chi connectivity index (χ2v) is 3.92. The molecular weight excluding hydrogens is 300 g/mol. The van der Waals surface area contributed by atoms with E-state index in [1.165, 1.54) is 0 Å². The van der Waals surface area contributed by atoms with Crippen molar-refractivity contribution in [2.75, 3.05) is 13.1 Å². The van der Waals surface area contributed by atoms with Gasteiger partial charge in [-0.25, -0.2) is 8.78 Å². The van der Waals surface area contributed by atoms with Crippen LogP contribution in [-0.4, -0.2) is 36.2 Å². The summed E-state index contributed by atoms with van der Waals surface area (Å²) in [6.45, 7) is -0.479. The standard InChI is InChI=1S/C12H14F4N2O.ClH/c13-10(14)12(15,16)11(19)18(7-6-17)8-9-4-2-1-3-5-9;/h1-5,10H,6-8,17H2;1H. The number of alkyl halides is 4. The van der Waals surface area contributed by atoms with Gasteiger partial charge in [-0.2, -0.15) is 8.78 Å². The fourth-order valence-electron chi connectivity index (χ4n) is 1.52. The van der Waals surface area contributed by atoms with Gasteiger partial charge in [-0.05, 0) is 5.56 Å². The zero-order chi connectivity index (χ0) is 14.5. The Kier molecular flexibility index (Phi) is 7.52. The topological polar surface area (TPSA) is 46.3 Å². The predicted octanol–water partition coefficient (Wildman–Crippen LogP) is 2.30. The number of carbonyl (C=O) groups excluding carboxylic acids is 1. The summed E-state index contributed by atoms with van der Waals surface area (Å²) in [4.78, 5) is 12.1. The molecule has 0 unspecified atom stereocenters. The smallest absolute Gasteiger partial charge is 0.332 e. The Morgan fingerprint density at radius 3 is 2.25 bits per heavy atom. The molecule has 1 amide bonds. The number of hydrogen-bond donors (Lipinski definition) is 1. The monoisotopic (exact) mass is 314 g/mol. The molecule has 1 aromatic carbocycles. The van der Waals surface area contributed by atoms with E-state index in [1.54, 1.807) is 30.3 Å². The van der Waals surface area contributed by atoms with Crippen LogP contribution in [0.3, 0.4) is 0 Å². The Morgan fingerprint density at radius 1 is 1.25 bits per heavy atom. The van der Waals surface area contributed by atoms with E-state index in [-0.39, 0.29) is 32.0 Å². The van der Waals surface area contributed by atoms with E-state index in [1.807, 2.05) is 0 Å². The summed E-state index contributed by atoms with van der Waals surface area (Å²) in [6, 6.07) is 8.25. The number of rotatable bonds is 6. The van der Waals surface area contributed by atoms with Gasteiger partial charge >= 0.3 is 12.3 Å². The van der Waals surface area contributed by atoms with Gasteiger partial charge in [0.05, 0.1) is 0 Å². The number of benzene rings is 1. The van der Waals surface area contributed by atoms with Crippen LogP contribution < -0.4 is 5.73 Å². The van der Waals surface area contributed by atoms with Gasteiger partial charge < -0.3 is 10.6 Å². The Bertz CT molecular complexity index is 417. The highest BCUT2D eigenvalue weighted by molar-refractivity contribution is 5.85. The van der Waals surface area contributed by atoms with Crippen LogP contribution in [0, 0.1) is 0 Å². The third-order valence-electron chi connectivity index (χ3n) is 2.46. The van der Waals surface area contributed by atoms with E-state index in [9.17, 15) is 22.4 Å². The van der Waals surface area contributed by atoms with Crippen molar-refractivity contribution in [2.24, 2.45) is 5.73 Å². The number of halogens is 5. The third-order valence-corrected chi connectivity index (χ3v) is 2.46. The summed E-state index contributed by atoms with van der Waals surface area (Å²) < 4.78 is 50.4. The molecule has 0 aromatic heterocycles. The summed E-state index contributed by atoms with van der Waals surface area (Å²) in [5.74, 6) is -6.60. The zero-order valence-electron chi connectivity index (χ0n) is 10.4. The first-order valence-electron chi connectivity index (χ1n) is 5.59. The average molecular weight is 315 g/mol. The van der Waals surface area contributed by atoms with Crippen LogP contribution in [0.4, 0.5) is 17.6 Å². The first-order valence-corrected chi connectivity index (χ1v) is 5.59. The van der Waals surface area contributed by atoms with Gasteiger partial charge in [0.2, 0.25) is 0 Å². The first kappa shape index (κ1) is 18.7. The number of nitrogens with two attached hydrogens (primary N) is 1. The van der Waals surface area contributed by atoms with Crippen molar-refractivity contribution in [3.8, 4) is 0 Å². The number of nitrogens with zero attached hydrogens (tertiary/aromatic N) is 1. The number of hydrogen-bond acceptors (Lipinski definition) is 2. The van der Waals surface area contributed by atoms with Crippen molar-refractivity contribution in [3.05, 3.63) is 35.9 Å². The van der Waals surface area contributed by atoms with Gasteiger partial charge in [0.25, 0.3) is 5.91 Å². The van der Waals surface area contributed by atoms with E-state index < -0.39 is 18.3 Å². The van der Waals surface area contributed by atoms with E-state index in [4.69, 9.17) is 5.73 Å². The molecule has 1 aromatic rings. The lowest BCUT2D eigenvalue weighted by Crippen LogP contribution is -2.48. The molecule has 0 aliphatic heterocycles. The van der Waals surface area contributed by atoms with E-state index >= 15 is 0 Å². The molecule has 0 aliphatic carbocycles. The van der Waals surface area contributed by atoms with Gasteiger partial charge in [-0.3, -0.25) is 4.79 Å². The van der Waals surface area contributed by atoms with Crippen molar-refractivity contribution in [1.82, 2.24) is 4.90 Å². The van der Waals surface area contributed by atoms with Gasteiger partial charge in [-0.1, -0.05) is 30.3 Å². The number of amides is 1. The highest BCUT2D eigenvalue weighted by atomic mass is 35.5. The summed E-state index contributed by atoms with van der Waals surface area (Å²) in [5, 5.41) is 0. The van der Waals surface area contributed by atoms with E-state index in [0.29, 0.717) is 10.5 Å². The molecule has 3 nitrogen and oxygen atoms in total. The maximum atomic E-state index is 13.0. The lowest BCUT2D eigenvalue weighted by Gasteiger charge is -2.26. The van der Waals surface area contributed by atoms with Crippen molar-refractivity contribution in [1.29, 1.82) is 0 Å². The molecule has 0 radical (unpaired) electrons. The second-order valence-electron chi connectivity index (χ2n) is 3.92. The molecule has 0 fully saturated rings. The molecule has 0 saturated carbocycles. The first-order chi connectivity index (χ1) is 8.89. The Hall–Kier alpha value is -1.34. The minimum Gasteiger partial charge on any atom is -0.332 e. The van der Waals surface area contributed by atoms with Crippen molar-refractivity contribution in [2.45, 2.75) is 18.9 Å². The quantitative estimate of drug-likeness (QED) is 0.819. The Labute approximate surface area is 120 Å². The van der Waals surface area contributed by atoms with Crippen LogP contribution in [0.1, 0.15) is 5.56 Å². The summed E-state index contributed by atoms with van der Waals surface area (Å²) in [7, 11) is 0. The molecule has 0 saturated heterocycles. The summed E-state index contributed by atoms with van der Waals surface area (Å²) in [5.41, 5.74) is 5.78. The van der Waals surface area contributed by atoms with Gasteiger partial charge in [0.15, 0.2) is 0 Å². The fraction of sp³-hybridized carbons (Fsp3) is 0.417. The molecular formula is C12H15ClF4N2O. The molecule has 2 N–H and O–H groups in total. The molecule has 114 valence electrons. The largest absolute Gasteiger partial charge is 0.383 e. The molecule has 0 atom stereocenters. The highest BCUT2D eigenvalue weighted by Crippen LogP contribution is 2.26. The van der Waals surface area contributed by atoms with Crippen molar-refractivity contribution < 1.29 is 22.4 Å². The minimum absolute atomic E-state index is 0. The van der Waals surface area contributed by atoms with Crippen LogP contribution >= 0.6 is 12.4 Å². The lowest BCUT2D eigenvalue weighted by molar-refractivity contribution is -0.181. The summed E-state index contributed by atoms with van der Waals surface area (Å²) in [6.07, 6.45) is -4.03. The van der Waals surface area contributed by atoms with Gasteiger partial charge in [0.1, 0.15) is 0 Å². The van der Waals surface area contributed by atoms with E-state index in [2.05, 4.69) is 0 Å². The molecule has 0 heterocycles. The SMILES string of the molecule is Cl.NCCN(Cc1ccccc1)C(=O)C(F)(F)C(F)F. The van der Waals surface area contributed by atoms with Crippen LogP contribution in [-0.2, 0) is 11.3 Å². The van der Waals surface area contributed by atoms with Crippen molar-refractivity contribution >= 4 is 18.3 Å². The second kappa shape index (κ2) is 8.06. The van der Waals surface area contributed by atoms with E-state index in [0.717, 1.165) is 0 Å². The van der Waals surface area contributed by atoms with Crippen LogP contribution in [0.2, 0.25) is 0 Å².